The fourth-order valence-corrected chi connectivity index (χ4v) is 1.77. The van der Waals surface area contributed by atoms with Gasteiger partial charge in [0.05, 0.1) is 4.92 Å². The number of para-hydroxylation sites is 1. The normalized spacial score (nSPS) is 10.1. The van der Waals surface area contributed by atoms with Crippen LogP contribution in [0.4, 0.5) is 11.4 Å². The van der Waals surface area contributed by atoms with Crippen molar-refractivity contribution in [3.8, 4) is 5.75 Å². The van der Waals surface area contributed by atoms with Crippen LogP contribution in [0.15, 0.2) is 48.5 Å². The topological polar surface area (TPSA) is 83.7 Å². The van der Waals surface area contributed by atoms with E-state index in [1.165, 1.54) is 11.0 Å². The van der Waals surface area contributed by atoms with Crippen LogP contribution in [-0.4, -0.2) is 23.0 Å². The van der Waals surface area contributed by atoms with Crippen molar-refractivity contribution in [1.82, 2.24) is 0 Å². The predicted molar refractivity (Wildman–Crippen MR) is 73.9 cm³/mol. The second-order valence-corrected chi connectivity index (χ2v) is 4.16. The van der Waals surface area contributed by atoms with Crippen molar-refractivity contribution < 1.29 is 14.8 Å². The van der Waals surface area contributed by atoms with Crippen LogP contribution in [0.5, 0.6) is 5.75 Å². The number of nitro groups is 1. The number of rotatable bonds is 3. The first kappa shape index (κ1) is 13.5. The van der Waals surface area contributed by atoms with E-state index in [4.69, 9.17) is 0 Å². The molecule has 20 heavy (non-hydrogen) atoms. The summed E-state index contributed by atoms with van der Waals surface area (Å²) in [5, 5.41) is 20.2. The third-order valence-corrected chi connectivity index (χ3v) is 2.87. The zero-order valence-electron chi connectivity index (χ0n) is 10.7. The van der Waals surface area contributed by atoms with Crippen molar-refractivity contribution in [3.63, 3.8) is 0 Å². The first-order valence-electron chi connectivity index (χ1n) is 5.81. The molecule has 2 rings (SSSR count). The summed E-state index contributed by atoms with van der Waals surface area (Å²) in [6.45, 7) is 0. The lowest BCUT2D eigenvalue weighted by Crippen LogP contribution is -2.26. The van der Waals surface area contributed by atoms with Gasteiger partial charge >= 0.3 is 5.69 Å². The Morgan fingerprint density at radius 2 is 1.85 bits per heavy atom. The molecule has 0 aliphatic carbocycles. The summed E-state index contributed by atoms with van der Waals surface area (Å²) < 4.78 is 0. The van der Waals surface area contributed by atoms with Gasteiger partial charge in [-0.1, -0.05) is 18.2 Å². The zero-order chi connectivity index (χ0) is 14.7. The Balaban J connectivity index is 2.30. The average molecular weight is 272 g/mol. The minimum absolute atomic E-state index is 0.180. The Labute approximate surface area is 115 Å². The van der Waals surface area contributed by atoms with Crippen LogP contribution in [-0.2, 0) is 0 Å². The molecule has 1 amide bonds. The summed E-state index contributed by atoms with van der Waals surface area (Å²) >= 11 is 0. The van der Waals surface area contributed by atoms with E-state index in [1.807, 2.05) is 6.07 Å². The van der Waals surface area contributed by atoms with Gasteiger partial charge in [0.15, 0.2) is 5.75 Å². The number of aromatic hydroxyl groups is 1. The highest BCUT2D eigenvalue weighted by Crippen LogP contribution is 2.27. The Morgan fingerprint density at radius 3 is 2.40 bits per heavy atom. The van der Waals surface area contributed by atoms with Crippen LogP contribution in [0, 0.1) is 10.1 Å². The van der Waals surface area contributed by atoms with E-state index in [9.17, 15) is 20.0 Å². The van der Waals surface area contributed by atoms with E-state index in [0.29, 0.717) is 5.69 Å². The van der Waals surface area contributed by atoms with Gasteiger partial charge in [-0.2, -0.15) is 0 Å². The molecule has 6 nitrogen and oxygen atoms in total. The summed E-state index contributed by atoms with van der Waals surface area (Å²) in [4.78, 5) is 23.5. The Bertz CT molecular complexity index is 655. The lowest BCUT2D eigenvalue weighted by Gasteiger charge is -2.17. The van der Waals surface area contributed by atoms with Crippen molar-refractivity contribution in [3.05, 3.63) is 64.2 Å². The number of phenols is 1. The van der Waals surface area contributed by atoms with E-state index in [2.05, 4.69) is 0 Å². The Hall–Kier alpha value is -2.89. The van der Waals surface area contributed by atoms with Crippen molar-refractivity contribution in [2.45, 2.75) is 0 Å². The summed E-state index contributed by atoms with van der Waals surface area (Å²) in [5.41, 5.74) is 0.443. The number of hydrogen-bond acceptors (Lipinski definition) is 4. The summed E-state index contributed by atoms with van der Waals surface area (Å²) in [5.74, 6) is -0.885. The number of carbonyl (C=O) groups is 1. The fraction of sp³-hybridized carbons (Fsp3) is 0.0714. The lowest BCUT2D eigenvalue weighted by atomic mass is 10.1. The van der Waals surface area contributed by atoms with Gasteiger partial charge in [0.1, 0.15) is 0 Å². The monoisotopic (exact) mass is 272 g/mol. The molecule has 2 aromatic carbocycles. The number of nitro benzene ring substituents is 1. The van der Waals surface area contributed by atoms with Crippen molar-refractivity contribution in [2.24, 2.45) is 0 Å². The highest BCUT2D eigenvalue weighted by Gasteiger charge is 2.18. The zero-order valence-corrected chi connectivity index (χ0v) is 10.7. The summed E-state index contributed by atoms with van der Waals surface area (Å²) in [7, 11) is 1.59. The molecule has 0 unspecified atom stereocenters. The van der Waals surface area contributed by atoms with E-state index in [1.54, 1.807) is 31.3 Å². The number of hydrogen-bond donors (Lipinski definition) is 1. The molecule has 0 saturated heterocycles. The highest BCUT2D eigenvalue weighted by atomic mass is 16.6. The van der Waals surface area contributed by atoms with Gasteiger partial charge < -0.3 is 10.0 Å². The summed E-state index contributed by atoms with van der Waals surface area (Å²) in [6, 6.07) is 12.5. The first-order chi connectivity index (χ1) is 9.50. The number of carbonyl (C=O) groups excluding carboxylic acids is 1. The van der Waals surface area contributed by atoms with E-state index in [-0.39, 0.29) is 11.5 Å². The van der Waals surface area contributed by atoms with E-state index in [0.717, 1.165) is 12.1 Å². The quantitative estimate of drug-likeness (QED) is 0.687. The Kier molecular flexibility index (Phi) is 3.65. The number of benzene rings is 2. The molecule has 6 heteroatoms. The molecule has 0 radical (unpaired) electrons. The van der Waals surface area contributed by atoms with Crippen molar-refractivity contribution >= 4 is 17.3 Å². The third-order valence-electron chi connectivity index (χ3n) is 2.87. The number of anilines is 1. The van der Waals surface area contributed by atoms with Crippen LogP contribution in [0.2, 0.25) is 0 Å². The van der Waals surface area contributed by atoms with Gasteiger partial charge in [0, 0.05) is 24.4 Å². The van der Waals surface area contributed by atoms with Crippen LogP contribution >= 0.6 is 0 Å². The standard InChI is InChI=1S/C14H12N2O4/c1-15(11-5-3-2-4-6-11)14(18)10-7-8-12(16(19)20)13(17)9-10/h2-9,17H,1H3. The molecule has 0 aliphatic heterocycles. The molecule has 0 aromatic heterocycles. The molecule has 1 N–H and O–H groups in total. The molecule has 0 bridgehead atoms. The lowest BCUT2D eigenvalue weighted by molar-refractivity contribution is -0.385. The predicted octanol–water partition coefficient (Wildman–Crippen LogP) is 2.58. The summed E-state index contributed by atoms with van der Waals surface area (Å²) in [6.07, 6.45) is 0. The van der Waals surface area contributed by atoms with Gasteiger partial charge in [-0.15, -0.1) is 0 Å². The smallest absolute Gasteiger partial charge is 0.310 e. The minimum Gasteiger partial charge on any atom is -0.502 e. The fourth-order valence-electron chi connectivity index (χ4n) is 1.77. The van der Waals surface area contributed by atoms with Crippen LogP contribution in [0.25, 0.3) is 0 Å². The maximum absolute atomic E-state index is 12.2. The van der Waals surface area contributed by atoms with Crippen LogP contribution in [0.3, 0.4) is 0 Å². The van der Waals surface area contributed by atoms with Gasteiger partial charge in [0.2, 0.25) is 0 Å². The van der Waals surface area contributed by atoms with E-state index >= 15 is 0 Å². The SMILES string of the molecule is CN(C(=O)c1ccc([N+](=O)[O-])c(O)c1)c1ccccc1. The van der Waals surface area contributed by atoms with Crippen LogP contribution < -0.4 is 4.90 Å². The maximum atomic E-state index is 12.2. The van der Waals surface area contributed by atoms with Crippen molar-refractivity contribution in [1.29, 1.82) is 0 Å². The minimum atomic E-state index is -0.704. The molecular weight excluding hydrogens is 260 g/mol. The highest BCUT2D eigenvalue weighted by molar-refractivity contribution is 6.06. The maximum Gasteiger partial charge on any atom is 0.310 e. The largest absolute Gasteiger partial charge is 0.502 e. The molecule has 0 saturated carbocycles. The van der Waals surface area contributed by atoms with Gasteiger partial charge in [-0.3, -0.25) is 14.9 Å². The molecule has 0 atom stereocenters. The molecule has 0 spiro atoms. The molecule has 102 valence electrons. The average Bonchev–Trinajstić information content (AvgIpc) is 2.46. The second-order valence-electron chi connectivity index (χ2n) is 4.16. The Morgan fingerprint density at radius 1 is 1.20 bits per heavy atom. The second kappa shape index (κ2) is 5.40. The molecule has 0 fully saturated rings. The van der Waals surface area contributed by atoms with Gasteiger partial charge in [-0.25, -0.2) is 0 Å². The van der Waals surface area contributed by atoms with Crippen molar-refractivity contribution in [2.75, 3.05) is 11.9 Å². The third kappa shape index (κ3) is 2.59. The number of phenolic OH excluding ortho intramolecular Hbond substituents is 1. The molecule has 0 heterocycles. The van der Waals surface area contributed by atoms with Crippen LogP contribution in [0.1, 0.15) is 10.4 Å². The van der Waals surface area contributed by atoms with E-state index < -0.39 is 16.4 Å². The number of nitrogens with zero attached hydrogens (tertiary/aromatic N) is 2. The number of amides is 1. The van der Waals surface area contributed by atoms with Gasteiger partial charge in [0.25, 0.3) is 5.91 Å². The molecule has 2 aromatic rings. The van der Waals surface area contributed by atoms with Gasteiger partial charge in [-0.05, 0) is 24.3 Å². The molecular formula is C14H12N2O4. The molecule has 0 aliphatic rings. The first-order valence-corrected chi connectivity index (χ1v) is 5.81.